The van der Waals surface area contributed by atoms with Gasteiger partial charge in [-0.15, -0.1) is 0 Å². The molecule has 1 saturated heterocycles. The molecule has 1 atom stereocenters. The van der Waals surface area contributed by atoms with Gasteiger partial charge in [0.05, 0.1) is 25.9 Å². The van der Waals surface area contributed by atoms with Crippen molar-refractivity contribution in [2.45, 2.75) is 52.5 Å². The van der Waals surface area contributed by atoms with Gasteiger partial charge in [0, 0.05) is 27.2 Å². The summed E-state index contributed by atoms with van der Waals surface area (Å²) in [7, 11) is 3.59. The molecule has 1 aliphatic rings. The van der Waals surface area contributed by atoms with Gasteiger partial charge in [-0.3, -0.25) is 4.99 Å². The number of aliphatic imine (C=N–C) groups is 1. The quantitative estimate of drug-likeness (QED) is 0.353. The summed E-state index contributed by atoms with van der Waals surface area (Å²) in [6.45, 7) is 12.8. The molecule has 2 rings (SSSR count). The highest BCUT2D eigenvalue weighted by Crippen LogP contribution is 2.31. The minimum Gasteiger partial charge on any atom is -0.490 e. The van der Waals surface area contributed by atoms with Crippen molar-refractivity contribution in [3.8, 4) is 11.5 Å². The number of piperidine rings is 1. The predicted octanol–water partition coefficient (Wildman–Crippen LogP) is 3.85. The van der Waals surface area contributed by atoms with Gasteiger partial charge in [-0.1, -0.05) is 19.9 Å². The molecule has 1 aromatic carbocycles. The molecule has 32 heavy (non-hydrogen) atoms. The molecular formula is C25H44N4O3. The zero-order valence-electron chi connectivity index (χ0n) is 20.8. The van der Waals surface area contributed by atoms with E-state index in [0.29, 0.717) is 19.1 Å². The number of benzene rings is 1. The Morgan fingerprint density at radius 3 is 2.41 bits per heavy atom. The van der Waals surface area contributed by atoms with Crippen LogP contribution in [0, 0.1) is 5.92 Å². The van der Waals surface area contributed by atoms with Crippen LogP contribution >= 0.6 is 0 Å². The number of hydrogen-bond donors (Lipinski definition) is 2. The molecule has 0 aromatic heterocycles. The Hall–Kier alpha value is -1.99. The van der Waals surface area contributed by atoms with Crippen LogP contribution in [-0.4, -0.2) is 71.0 Å². The van der Waals surface area contributed by atoms with Crippen LogP contribution in [0.15, 0.2) is 23.2 Å². The van der Waals surface area contributed by atoms with Gasteiger partial charge in [-0.05, 0) is 69.3 Å². The van der Waals surface area contributed by atoms with Crippen molar-refractivity contribution in [3.63, 3.8) is 0 Å². The fourth-order valence-electron chi connectivity index (χ4n) is 3.81. The third kappa shape index (κ3) is 8.87. The first-order valence-corrected chi connectivity index (χ1v) is 12.2. The second kappa shape index (κ2) is 15.0. The van der Waals surface area contributed by atoms with Crippen molar-refractivity contribution in [3.05, 3.63) is 23.8 Å². The molecule has 0 bridgehead atoms. The first-order valence-electron chi connectivity index (χ1n) is 12.2. The summed E-state index contributed by atoms with van der Waals surface area (Å²) in [5, 5.41) is 7.05. The van der Waals surface area contributed by atoms with E-state index in [9.17, 15) is 0 Å². The van der Waals surface area contributed by atoms with Crippen LogP contribution in [0.2, 0.25) is 0 Å². The van der Waals surface area contributed by atoms with Crippen LogP contribution < -0.4 is 20.1 Å². The molecule has 1 unspecified atom stereocenters. The number of guanidine groups is 1. The lowest BCUT2D eigenvalue weighted by Gasteiger charge is -2.32. The monoisotopic (exact) mass is 448 g/mol. The number of nitrogens with zero attached hydrogens (tertiary/aromatic N) is 2. The molecular weight excluding hydrogens is 404 g/mol. The largest absolute Gasteiger partial charge is 0.490 e. The van der Waals surface area contributed by atoms with E-state index in [1.807, 2.05) is 13.1 Å². The van der Waals surface area contributed by atoms with Crippen molar-refractivity contribution in [1.29, 1.82) is 0 Å². The van der Waals surface area contributed by atoms with Crippen LogP contribution in [0.5, 0.6) is 11.5 Å². The van der Waals surface area contributed by atoms with Gasteiger partial charge in [0.1, 0.15) is 0 Å². The van der Waals surface area contributed by atoms with E-state index in [0.717, 1.165) is 68.6 Å². The Bertz CT molecular complexity index is 675. The molecule has 182 valence electrons. The maximum Gasteiger partial charge on any atom is 0.191 e. The van der Waals surface area contributed by atoms with Crippen molar-refractivity contribution in [2.75, 3.05) is 60.2 Å². The van der Waals surface area contributed by atoms with Gasteiger partial charge in [-0.2, -0.15) is 0 Å². The van der Waals surface area contributed by atoms with Gasteiger partial charge in [-0.25, -0.2) is 0 Å². The second-order valence-electron chi connectivity index (χ2n) is 8.50. The highest BCUT2D eigenvalue weighted by molar-refractivity contribution is 5.80. The Morgan fingerprint density at radius 1 is 1.09 bits per heavy atom. The standard InChI is InChI=1S/C25H44N4O3/c1-6-15-31-23-9-8-22(18-24(23)32-16-7-2)20(3)28-25(26-4)27-19-21-10-12-29(13-11-21)14-17-30-5/h8-9,18,20-21H,6-7,10-17,19H2,1-5H3,(H2,26,27,28). The Morgan fingerprint density at radius 2 is 1.78 bits per heavy atom. The smallest absolute Gasteiger partial charge is 0.191 e. The van der Waals surface area contributed by atoms with Crippen molar-refractivity contribution in [1.82, 2.24) is 15.5 Å². The van der Waals surface area contributed by atoms with Crippen molar-refractivity contribution >= 4 is 5.96 Å². The molecule has 7 nitrogen and oxygen atoms in total. The summed E-state index contributed by atoms with van der Waals surface area (Å²) in [4.78, 5) is 6.92. The topological polar surface area (TPSA) is 67.4 Å². The van der Waals surface area contributed by atoms with E-state index >= 15 is 0 Å². The first kappa shape index (κ1) is 26.3. The lowest BCUT2D eigenvalue weighted by atomic mass is 9.97. The molecule has 0 saturated carbocycles. The molecule has 0 radical (unpaired) electrons. The minimum absolute atomic E-state index is 0.0984. The summed E-state index contributed by atoms with van der Waals surface area (Å²) < 4.78 is 17.0. The fraction of sp³-hybridized carbons (Fsp3) is 0.720. The third-order valence-electron chi connectivity index (χ3n) is 5.84. The Balaban J connectivity index is 1.87. The molecule has 1 aromatic rings. The van der Waals surface area contributed by atoms with Crippen LogP contribution in [0.1, 0.15) is 58.1 Å². The van der Waals surface area contributed by atoms with Gasteiger partial charge in [0.25, 0.3) is 0 Å². The average molecular weight is 449 g/mol. The average Bonchev–Trinajstić information content (AvgIpc) is 2.83. The van der Waals surface area contributed by atoms with Crippen molar-refractivity contribution < 1.29 is 14.2 Å². The summed E-state index contributed by atoms with van der Waals surface area (Å²) in [5.74, 6) is 3.14. The number of rotatable bonds is 13. The summed E-state index contributed by atoms with van der Waals surface area (Å²) in [5.41, 5.74) is 1.15. The van der Waals surface area contributed by atoms with E-state index in [-0.39, 0.29) is 6.04 Å². The lowest BCUT2D eigenvalue weighted by molar-refractivity contribution is 0.121. The minimum atomic E-state index is 0.0984. The molecule has 1 heterocycles. The number of ether oxygens (including phenoxy) is 3. The zero-order valence-corrected chi connectivity index (χ0v) is 20.8. The maximum atomic E-state index is 5.96. The van der Waals surface area contributed by atoms with E-state index in [1.165, 1.54) is 12.8 Å². The van der Waals surface area contributed by atoms with Crippen LogP contribution in [0.25, 0.3) is 0 Å². The number of methoxy groups -OCH3 is 1. The zero-order chi connectivity index (χ0) is 23.2. The fourth-order valence-corrected chi connectivity index (χ4v) is 3.81. The SMILES string of the molecule is CCCOc1ccc(C(C)NC(=NC)NCC2CCN(CCOC)CC2)cc1OCCC. The van der Waals surface area contributed by atoms with E-state index in [4.69, 9.17) is 14.2 Å². The summed E-state index contributed by atoms with van der Waals surface area (Å²) in [6, 6.07) is 6.30. The van der Waals surface area contributed by atoms with E-state index in [1.54, 1.807) is 7.11 Å². The van der Waals surface area contributed by atoms with Crippen LogP contribution in [0.3, 0.4) is 0 Å². The van der Waals surface area contributed by atoms with Crippen LogP contribution in [-0.2, 0) is 4.74 Å². The molecule has 1 aliphatic heterocycles. The third-order valence-corrected chi connectivity index (χ3v) is 5.84. The van der Waals surface area contributed by atoms with Crippen molar-refractivity contribution in [2.24, 2.45) is 10.9 Å². The highest BCUT2D eigenvalue weighted by Gasteiger charge is 2.19. The highest BCUT2D eigenvalue weighted by atomic mass is 16.5. The number of nitrogens with one attached hydrogen (secondary N) is 2. The normalized spacial score (nSPS) is 16.6. The summed E-state index contributed by atoms with van der Waals surface area (Å²) >= 11 is 0. The Kier molecular flexibility index (Phi) is 12.3. The van der Waals surface area contributed by atoms with Crippen LogP contribution in [0.4, 0.5) is 0 Å². The van der Waals surface area contributed by atoms with Gasteiger partial charge in [0.15, 0.2) is 17.5 Å². The van der Waals surface area contributed by atoms with Gasteiger partial charge >= 0.3 is 0 Å². The number of likely N-dealkylation sites (tertiary alicyclic amines) is 1. The van der Waals surface area contributed by atoms with Gasteiger partial charge in [0.2, 0.25) is 0 Å². The molecule has 0 amide bonds. The van der Waals surface area contributed by atoms with E-state index < -0.39 is 0 Å². The first-order chi connectivity index (χ1) is 15.6. The second-order valence-corrected chi connectivity index (χ2v) is 8.50. The molecule has 7 heteroatoms. The molecule has 0 aliphatic carbocycles. The molecule has 0 spiro atoms. The maximum absolute atomic E-state index is 5.96. The van der Waals surface area contributed by atoms with E-state index in [2.05, 4.69) is 53.4 Å². The lowest BCUT2D eigenvalue weighted by Crippen LogP contribution is -2.43. The number of hydrogen-bond acceptors (Lipinski definition) is 5. The molecule has 1 fully saturated rings. The van der Waals surface area contributed by atoms with Gasteiger partial charge < -0.3 is 29.7 Å². The summed E-state index contributed by atoms with van der Waals surface area (Å²) in [6.07, 6.45) is 4.36. The molecule has 2 N–H and O–H groups in total. The predicted molar refractivity (Wildman–Crippen MR) is 132 cm³/mol. The Labute approximate surface area is 194 Å².